The zero-order chi connectivity index (χ0) is 14.5. The number of amides is 1. The molecule has 0 aliphatic carbocycles. The lowest BCUT2D eigenvalue weighted by atomic mass is 9.96. The lowest BCUT2D eigenvalue weighted by Crippen LogP contribution is -2.44. The van der Waals surface area contributed by atoms with Gasteiger partial charge in [-0.15, -0.1) is 0 Å². The number of nitrogens with one attached hydrogen (secondary N) is 1. The first-order chi connectivity index (χ1) is 9.65. The Kier molecular flexibility index (Phi) is 4.95. The van der Waals surface area contributed by atoms with Gasteiger partial charge in [-0.05, 0) is 31.4 Å². The molecule has 1 aromatic heterocycles. The number of rotatable bonds is 4. The van der Waals surface area contributed by atoms with E-state index in [-0.39, 0.29) is 12.0 Å². The van der Waals surface area contributed by atoms with Crippen LogP contribution in [0.5, 0.6) is 0 Å². The summed E-state index contributed by atoms with van der Waals surface area (Å²) in [5, 5.41) is 2.77. The Bertz CT molecular complexity index is 447. The number of anilines is 1. The number of methoxy groups -OCH3 is 1. The molecular formula is C15H23N3O2. The van der Waals surface area contributed by atoms with Crippen molar-refractivity contribution in [3.05, 3.63) is 23.9 Å². The summed E-state index contributed by atoms with van der Waals surface area (Å²) >= 11 is 0. The van der Waals surface area contributed by atoms with Crippen LogP contribution in [0.3, 0.4) is 0 Å². The average molecular weight is 277 g/mol. The summed E-state index contributed by atoms with van der Waals surface area (Å²) in [5.41, 5.74) is 0.601. The molecule has 0 aromatic carbocycles. The fourth-order valence-electron chi connectivity index (χ4n) is 2.52. The molecule has 1 aliphatic heterocycles. The van der Waals surface area contributed by atoms with Crippen LogP contribution in [0.25, 0.3) is 0 Å². The van der Waals surface area contributed by atoms with Crippen LogP contribution in [0.1, 0.15) is 30.6 Å². The van der Waals surface area contributed by atoms with Crippen LogP contribution in [-0.2, 0) is 4.74 Å². The second-order valence-electron chi connectivity index (χ2n) is 5.25. The van der Waals surface area contributed by atoms with Gasteiger partial charge in [-0.1, -0.05) is 6.92 Å². The van der Waals surface area contributed by atoms with Gasteiger partial charge in [0.1, 0.15) is 5.82 Å². The van der Waals surface area contributed by atoms with Crippen LogP contribution >= 0.6 is 0 Å². The number of carbonyl (C=O) groups is 1. The molecule has 0 bridgehead atoms. The second-order valence-corrected chi connectivity index (χ2v) is 5.25. The van der Waals surface area contributed by atoms with Crippen LogP contribution in [0, 0.1) is 5.92 Å². The molecule has 5 nitrogen and oxygen atoms in total. The van der Waals surface area contributed by atoms with Crippen molar-refractivity contribution in [2.75, 3.05) is 31.6 Å². The van der Waals surface area contributed by atoms with E-state index in [4.69, 9.17) is 4.74 Å². The first-order valence-corrected chi connectivity index (χ1v) is 7.17. The summed E-state index contributed by atoms with van der Waals surface area (Å²) in [4.78, 5) is 18.3. The topological polar surface area (TPSA) is 54.5 Å². The maximum atomic E-state index is 11.7. The van der Waals surface area contributed by atoms with Crippen LogP contribution < -0.4 is 10.2 Å². The molecule has 1 N–H and O–H groups in total. The summed E-state index contributed by atoms with van der Waals surface area (Å²) in [5.74, 6) is 1.41. The van der Waals surface area contributed by atoms with Gasteiger partial charge in [-0.2, -0.15) is 0 Å². The van der Waals surface area contributed by atoms with Crippen molar-refractivity contribution in [3.8, 4) is 0 Å². The van der Waals surface area contributed by atoms with E-state index in [1.165, 1.54) is 0 Å². The molecule has 2 unspecified atom stereocenters. The molecule has 5 heteroatoms. The third kappa shape index (κ3) is 3.28. The first kappa shape index (κ1) is 14.8. The second kappa shape index (κ2) is 6.70. The number of pyridine rings is 1. The molecular weight excluding hydrogens is 254 g/mol. The molecule has 0 spiro atoms. The van der Waals surface area contributed by atoms with Gasteiger partial charge in [0.25, 0.3) is 5.91 Å². The molecule has 2 rings (SSSR count). The summed E-state index contributed by atoms with van der Waals surface area (Å²) < 4.78 is 5.52. The van der Waals surface area contributed by atoms with E-state index in [1.54, 1.807) is 13.3 Å². The Morgan fingerprint density at radius 3 is 2.95 bits per heavy atom. The van der Waals surface area contributed by atoms with Gasteiger partial charge >= 0.3 is 0 Å². The third-order valence-electron chi connectivity index (χ3n) is 3.86. The highest BCUT2D eigenvalue weighted by Crippen LogP contribution is 2.23. The van der Waals surface area contributed by atoms with Crippen LogP contribution in [-0.4, -0.2) is 43.7 Å². The standard InChI is InChI=1S/C15H23N3O2/c1-4-16-15(19)12-5-6-14(17-9-12)18-8-7-11(2)13(10-18)20-3/h5-6,9,11,13H,4,7-8,10H2,1-3H3,(H,16,19). The monoisotopic (exact) mass is 277 g/mol. The third-order valence-corrected chi connectivity index (χ3v) is 3.86. The molecule has 1 aromatic rings. The van der Waals surface area contributed by atoms with Crippen molar-refractivity contribution >= 4 is 11.7 Å². The average Bonchev–Trinajstić information content (AvgIpc) is 2.48. The van der Waals surface area contributed by atoms with E-state index in [9.17, 15) is 4.79 Å². The number of aromatic nitrogens is 1. The number of hydrogen-bond donors (Lipinski definition) is 1. The zero-order valence-corrected chi connectivity index (χ0v) is 12.4. The Morgan fingerprint density at radius 2 is 2.35 bits per heavy atom. The van der Waals surface area contributed by atoms with Crippen LogP contribution in [0.15, 0.2) is 18.3 Å². The fraction of sp³-hybridized carbons (Fsp3) is 0.600. The minimum Gasteiger partial charge on any atom is -0.379 e. The summed E-state index contributed by atoms with van der Waals surface area (Å²) in [6.07, 6.45) is 2.98. The number of carbonyl (C=O) groups excluding carboxylic acids is 1. The van der Waals surface area contributed by atoms with Crippen molar-refractivity contribution in [1.82, 2.24) is 10.3 Å². The number of piperidine rings is 1. The first-order valence-electron chi connectivity index (χ1n) is 7.17. The van der Waals surface area contributed by atoms with Gasteiger partial charge < -0.3 is 15.0 Å². The molecule has 0 radical (unpaired) electrons. The minimum atomic E-state index is -0.0754. The maximum Gasteiger partial charge on any atom is 0.252 e. The molecule has 1 saturated heterocycles. The van der Waals surface area contributed by atoms with E-state index >= 15 is 0 Å². The van der Waals surface area contributed by atoms with E-state index in [0.717, 1.165) is 25.3 Å². The highest BCUT2D eigenvalue weighted by molar-refractivity contribution is 5.93. The van der Waals surface area contributed by atoms with Crippen molar-refractivity contribution in [2.24, 2.45) is 5.92 Å². The lowest BCUT2D eigenvalue weighted by molar-refractivity contribution is 0.0496. The Hall–Kier alpha value is -1.62. The summed E-state index contributed by atoms with van der Waals surface area (Å²) in [7, 11) is 1.76. The van der Waals surface area contributed by atoms with Crippen molar-refractivity contribution in [1.29, 1.82) is 0 Å². The quantitative estimate of drug-likeness (QED) is 0.910. The Morgan fingerprint density at radius 1 is 1.55 bits per heavy atom. The number of ether oxygens (including phenoxy) is 1. The summed E-state index contributed by atoms with van der Waals surface area (Å²) in [6.45, 7) is 6.58. The van der Waals surface area contributed by atoms with Gasteiger partial charge in [-0.3, -0.25) is 4.79 Å². The largest absolute Gasteiger partial charge is 0.379 e. The SMILES string of the molecule is CCNC(=O)c1ccc(N2CCC(C)C(OC)C2)nc1. The van der Waals surface area contributed by atoms with E-state index in [1.807, 2.05) is 19.1 Å². The number of nitrogens with zero attached hydrogens (tertiary/aromatic N) is 2. The van der Waals surface area contributed by atoms with Gasteiger partial charge in [0, 0.05) is 32.9 Å². The lowest BCUT2D eigenvalue weighted by Gasteiger charge is -2.36. The van der Waals surface area contributed by atoms with E-state index in [2.05, 4.69) is 22.1 Å². The van der Waals surface area contributed by atoms with Crippen molar-refractivity contribution in [3.63, 3.8) is 0 Å². The van der Waals surface area contributed by atoms with Gasteiger partial charge in [0.05, 0.1) is 11.7 Å². The predicted octanol–water partition coefficient (Wildman–Crippen LogP) is 1.69. The molecule has 0 saturated carbocycles. The van der Waals surface area contributed by atoms with Gasteiger partial charge in [-0.25, -0.2) is 4.98 Å². The maximum absolute atomic E-state index is 11.7. The van der Waals surface area contributed by atoms with E-state index < -0.39 is 0 Å². The molecule has 2 atom stereocenters. The number of hydrogen-bond acceptors (Lipinski definition) is 4. The van der Waals surface area contributed by atoms with Gasteiger partial charge in [0.2, 0.25) is 0 Å². The molecule has 1 amide bonds. The molecule has 20 heavy (non-hydrogen) atoms. The highest BCUT2D eigenvalue weighted by Gasteiger charge is 2.26. The summed E-state index contributed by atoms with van der Waals surface area (Å²) in [6, 6.07) is 3.74. The highest BCUT2D eigenvalue weighted by atomic mass is 16.5. The molecule has 1 fully saturated rings. The smallest absolute Gasteiger partial charge is 0.252 e. The fourth-order valence-corrected chi connectivity index (χ4v) is 2.52. The Labute approximate surface area is 120 Å². The molecule has 2 heterocycles. The van der Waals surface area contributed by atoms with Crippen LogP contribution in [0.2, 0.25) is 0 Å². The van der Waals surface area contributed by atoms with E-state index in [0.29, 0.717) is 18.0 Å². The predicted molar refractivity (Wildman–Crippen MR) is 79.0 cm³/mol. The normalized spacial score (nSPS) is 22.6. The molecule has 1 aliphatic rings. The van der Waals surface area contributed by atoms with Crippen LogP contribution in [0.4, 0.5) is 5.82 Å². The Balaban J connectivity index is 2.04. The zero-order valence-electron chi connectivity index (χ0n) is 12.4. The van der Waals surface area contributed by atoms with Crippen molar-refractivity contribution < 1.29 is 9.53 Å². The molecule has 110 valence electrons. The van der Waals surface area contributed by atoms with Gasteiger partial charge in [0.15, 0.2) is 0 Å². The van der Waals surface area contributed by atoms with Crippen molar-refractivity contribution in [2.45, 2.75) is 26.4 Å². The minimum absolute atomic E-state index is 0.0754.